The van der Waals surface area contributed by atoms with Crippen molar-refractivity contribution in [2.24, 2.45) is 0 Å². The van der Waals surface area contributed by atoms with Gasteiger partial charge in [-0.1, -0.05) is 22.5 Å². The van der Waals surface area contributed by atoms with E-state index in [1.165, 1.54) is 0 Å². The summed E-state index contributed by atoms with van der Waals surface area (Å²) in [4.78, 5) is 11.4. The zero-order chi connectivity index (χ0) is 11.6. The first-order valence-corrected chi connectivity index (χ1v) is 6.41. The Morgan fingerprint density at radius 2 is 1.73 bits per heavy atom. The molecule has 80 valence electrons. The maximum absolute atomic E-state index is 11.4. The first-order valence-electron chi connectivity index (χ1n) is 4.03. The van der Waals surface area contributed by atoms with E-state index in [-0.39, 0.29) is 5.91 Å². The average Bonchev–Trinajstić information content (AvgIpc) is 2.10. The van der Waals surface area contributed by atoms with E-state index in [1.54, 1.807) is 6.92 Å². The standard InChI is InChI=1S/C10H8Br3NO/c1-5(2)10(15)14-9-7(12)3-6(11)4-8(9)13/h3-4H,1H2,2H3,(H,14,15). The zero-order valence-electron chi connectivity index (χ0n) is 7.90. The van der Waals surface area contributed by atoms with Crippen molar-refractivity contribution in [2.75, 3.05) is 5.32 Å². The largest absolute Gasteiger partial charge is 0.320 e. The molecule has 1 amide bonds. The fourth-order valence-electron chi connectivity index (χ4n) is 0.882. The minimum Gasteiger partial charge on any atom is -0.320 e. The number of rotatable bonds is 2. The van der Waals surface area contributed by atoms with Gasteiger partial charge in [-0.25, -0.2) is 0 Å². The van der Waals surface area contributed by atoms with E-state index in [4.69, 9.17) is 0 Å². The van der Waals surface area contributed by atoms with Crippen molar-refractivity contribution in [1.82, 2.24) is 0 Å². The molecule has 0 aliphatic rings. The molecule has 15 heavy (non-hydrogen) atoms. The lowest BCUT2D eigenvalue weighted by atomic mass is 10.3. The van der Waals surface area contributed by atoms with Crippen LogP contribution in [-0.2, 0) is 4.79 Å². The molecular formula is C10H8Br3NO. The molecule has 0 aromatic heterocycles. The van der Waals surface area contributed by atoms with E-state index in [0.29, 0.717) is 11.3 Å². The molecule has 0 aliphatic heterocycles. The van der Waals surface area contributed by atoms with Crippen LogP contribution in [0.2, 0.25) is 0 Å². The van der Waals surface area contributed by atoms with E-state index in [1.807, 2.05) is 12.1 Å². The normalized spacial score (nSPS) is 9.87. The van der Waals surface area contributed by atoms with Crippen LogP contribution in [0.4, 0.5) is 5.69 Å². The molecule has 0 saturated carbocycles. The second-order valence-electron chi connectivity index (χ2n) is 2.98. The van der Waals surface area contributed by atoms with Crippen molar-refractivity contribution >= 4 is 59.4 Å². The number of amides is 1. The van der Waals surface area contributed by atoms with Crippen LogP contribution in [0.5, 0.6) is 0 Å². The van der Waals surface area contributed by atoms with Gasteiger partial charge in [0.1, 0.15) is 0 Å². The fraction of sp³-hybridized carbons (Fsp3) is 0.100. The van der Waals surface area contributed by atoms with Crippen molar-refractivity contribution in [2.45, 2.75) is 6.92 Å². The van der Waals surface area contributed by atoms with Crippen LogP contribution in [0, 0.1) is 0 Å². The summed E-state index contributed by atoms with van der Waals surface area (Å²) in [6.07, 6.45) is 0. The molecule has 0 aliphatic carbocycles. The Kier molecular flexibility index (Phi) is 4.55. The molecule has 1 aromatic rings. The Bertz CT molecular complexity index is 406. The molecule has 0 unspecified atom stereocenters. The monoisotopic (exact) mass is 395 g/mol. The maximum Gasteiger partial charge on any atom is 0.250 e. The van der Waals surface area contributed by atoms with Gasteiger partial charge < -0.3 is 5.32 Å². The van der Waals surface area contributed by atoms with Gasteiger partial charge in [0, 0.05) is 19.0 Å². The van der Waals surface area contributed by atoms with Crippen molar-refractivity contribution in [3.05, 3.63) is 37.7 Å². The van der Waals surface area contributed by atoms with E-state index in [0.717, 1.165) is 13.4 Å². The molecule has 2 nitrogen and oxygen atoms in total. The van der Waals surface area contributed by atoms with Gasteiger partial charge in [-0.3, -0.25) is 4.79 Å². The van der Waals surface area contributed by atoms with E-state index in [2.05, 4.69) is 59.7 Å². The lowest BCUT2D eigenvalue weighted by molar-refractivity contribution is -0.112. The van der Waals surface area contributed by atoms with Crippen LogP contribution in [0.1, 0.15) is 6.92 Å². The third kappa shape index (κ3) is 3.43. The molecule has 1 rings (SSSR count). The first kappa shape index (κ1) is 12.9. The molecule has 0 spiro atoms. The van der Waals surface area contributed by atoms with Crippen molar-refractivity contribution in [3.63, 3.8) is 0 Å². The predicted molar refractivity (Wildman–Crippen MR) is 73.0 cm³/mol. The summed E-state index contributed by atoms with van der Waals surface area (Å²) in [5.41, 5.74) is 1.17. The predicted octanol–water partition coefficient (Wildman–Crippen LogP) is 4.49. The average molecular weight is 398 g/mol. The summed E-state index contributed by atoms with van der Waals surface area (Å²) in [6, 6.07) is 3.72. The van der Waals surface area contributed by atoms with Crippen LogP contribution in [-0.4, -0.2) is 5.91 Å². The maximum atomic E-state index is 11.4. The van der Waals surface area contributed by atoms with Gasteiger partial charge >= 0.3 is 0 Å². The number of halogens is 3. The Balaban J connectivity index is 3.05. The number of nitrogens with one attached hydrogen (secondary N) is 1. The number of benzene rings is 1. The Hall–Kier alpha value is -0.130. The number of hydrogen-bond acceptors (Lipinski definition) is 1. The van der Waals surface area contributed by atoms with Crippen LogP contribution in [0.25, 0.3) is 0 Å². The fourth-order valence-corrected chi connectivity index (χ4v) is 3.34. The summed E-state index contributed by atoms with van der Waals surface area (Å²) < 4.78 is 2.53. The SMILES string of the molecule is C=C(C)C(=O)Nc1c(Br)cc(Br)cc1Br. The van der Waals surface area contributed by atoms with Gasteiger partial charge in [0.2, 0.25) is 0 Å². The summed E-state index contributed by atoms with van der Waals surface area (Å²) in [7, 11) is 0. The molecule has 0 saturated heterocycles. The van der Waals surface area contributed by atoms with Gasteiger partial charge in [-0.2, -0.15) is 0 Å². The Morgan fingerprint density at radius 3 is 2.13 bits per heavy atom. The number of anilines is 1. The lowest BCUT2D eigenvalue weighted by Gasteiger charge is -2.09. The second kappa shape index (κ2) is 5.27. The zero-order valence-corrected chi connectivity index (χ0v) is 12.7. The molecule has 0 bridgehead atoms. The minimum atomic E-state index is -0.196. The van der Waals surface area contributed by atoms with Crippen molar-refractivity contribution in [1.29, 1.82) is 0 Å². The minimum absolute atomic E-state index is 0.196. The van der Waals surface area contributed by atoms with Crippen LogP contribution in [0.3, 0.4) is 0 Å². The second-order valence-corrected chi connectivity index (χ2v) is 5.60. The topological polar surface area (TPSA) is 29.1 Å². The van der Waals surface area contributed by atoms with Gasteiger partial charge in [0.25, 0.3) is 5.91 Å². The Morgan fingerprint density at radius 1 is 1.27 bits per heavy atom. The highest BCUT2D eigenvalue weighted by Gasteiger charge is 2.10. The Labute approximate surface area is 114 Å². The van der Waals surface area contributed by atoms with Gasteiger partial charge in [0.15, 0.2) is 0 Å². The summed E-state index contributed by atoms with van der Waals surface area (Å²) in [6.45, 7) is 5.24. The summed E-state index contributed by atoms with van der Waals surface area (Å²) >= 11 is 10.1. The highest BCUT2D eigenvalue weighted by molar-refractivity contribution is 9.11. The van der Waals surface area contributed by atoms with Gasteiger partial charge in [-0.05, 0) is 50.9 Å². The number of hydrogen-bond donors (Lipinski definition) is 1. The summed E-state index contributed by atoms with van der Waals surface area (Å²) in [5.74, 6) is -0.196. The highest BCUT2D eigenvalue weighted by Crippen LogP contribution is 2.34. The lowest BCUT2D eigenvalue weighted by Crippen LogP contribution is -2.12. The number of carbonyl (C=O) groups is 1. The molecule has 0 atom stereocenters. The molecule has 1 aromatic carbocycles. The molecule has 0 radical (unpaired) electrons. The molecule has 0 fully saturated rings. The third-order valence-electron chi connectivity index (χ3n) is 1.63. The smallest absolute Gasteiger partial charge is 0.250 e. The van der Waals surface area contributed by atoms with E-state index in [9.17, 15) is 4.79 Å². The molecule has 0 heterocycles. The quantitative estimate of drug-likeness (QED) is 0.732. The van der Waals surface area contributed by atoms with Crippen LogP contribution < -0.4 is 5.32 Å². The third-order valence-corrected chi connectivity index (χ3v) is 3.34. The van der Waals surface area contributed by atoms with Gasteiger partial charge in [0.05, 0.1) is 5.69 Å². The molecular weight excluding hydrogens is 390 g/mol. The number of carbonyl (C=O) groups excluding carboxylic acids is 1. The van der Waals surface area contributed by atoms with Gasteiger partial charge in [-0.15, -0.1) is 0 Å². The summed E-state index contributed by atoms with van der Waals surface area (Å²) in [5, 5.41) is 2.75. The first-order chi connectivity index (χ1) is 6.91. The van der Waals surface area contributed by atoms with E-state index < -0.39 is 0 Å². The molecule has 1 N–H and O–H groups in total. The molecule has 5 heteroatoms. The van der Waals surface area contributed by atoms with Crippen molar-refractivity contribution < 1.29 is 4.79 Å². The van der Waals surface area contributed by atoms with E-state index >= 15 is 0 Å². The van der Waals surface area contributed by atoms with Crippen LogP contribution in [0.15, 0.2) is 37.7 Å². The highest BCUT2D eigenvalue weighted by atomic mass is 79.9. The van der Waals surface area contributed by atoms with Crippen molar-refractivity contribution in [3.8, 4) is 0 Å². The van der Waals surface area contributed by atoms with Crippen LogP contribution >= 0.6 is 47.8 Å².